The van der Waals surface area contributed by atoms with E-state index in [4.69, 9.17) is 10.8 Å². The second-order valence-electron chi connectivity index (χ2n) is 9.39. The minimum atomic E-state index is -1.41. The molecule has 0 aliphatic heterocycles. The van der Waals surface area contributed by atoms with Gasteiger partial charge in [-0.05, 0) is 30.2 Å². The lowest BCUT2D eigenvalue weighted by Gasteiger charge is -2.32. The number of nitrogens with zero attached hydrogens (tertiary/aromatic N) is 1. The molecule has 0 aliphatic carbocycles. The summed E-state index contributed by atoms with van der Waals surface area (Å²) in [7, 11) is 0. The van der Waals surface area contributed by atoms with Crippen molar-refractivity contribution in [2.24, 2.45) is 29.4 Å². The molecule has 3 atom stereocenters. The first-order valence-electron chi connectivity index (χ1n) is 11.7. The van der Waals surface area contributed by atoms with Crippen molar-refractivity contribution in [3.8, 4) is 0 Å². The molecule has 0 unspecified atom stereocenters. The Hall–Kier alpha value is -3.24. The second-order valence-corrected chi connectivity index (χ2v) is 9.39. The summed E-state index contributed by atoms with van der Waals surface area (Å²) < 4.78 is 0. The maximum atomic E-state index is 13.6. The van der Waals surface area contributed by atoms with Crippen molar-refractivity contribution in [2.45, 2.75) is 53.0 Å². The summed E-state index contributed by atoms with van der Waals surface area (Å²) >= 11 is 0. The molecule has 0 aromatic heterocycles. The third-order valence-electron chi connectivity index (χ3n) is 5.27. The number of amides is 3. The maximum absolute atomic E-state index is 13.6. The third-order valence-corrected chi connectivity index (χ3v) is 5.27. The zero-order chi connectivity index (χ0) is 26.5. The number of aliphatic carboxylic acids is 1. The van der Waals surface area contributed by atoms with E-state index in [1.54, 1.807) is 11.6 Å². The predicted molar refractivity (Wildman–Crippen MR) is 131 cm³/mol. The van der Waals surface area contributed by atoms with Crippen molar-refractivity contribution >= 4 is 29.8 Å². The lowest BCUT2D eigenvalue weighted by Crippen LogP contribution is -2.53. The van der Waals surface area contributed by atoms with Gasteiger partial charge in [-0.15, -0.1) is 0 Å². The fourth-order valence-corrected chi connectivity index (χ4v) is 3.64. The summed E-state index contributed by atoms with van der Waals surface area (Å²) in [5.74, 6) is -4.99. The van der Waals surface area contributed by atoms with Gasteiger partial charge in [0.05, 0.1) is 18.3 Å². The molecule has 0 bridgehead atoms. The summed E-state index contributed by atoms with van der Waals surface area (Å²) in [6.07, 6.45) is 3.60. The van der Waals surface area contributed by atoms with Crippen LogP contribution >= 0.6 is 0 Å². The van der Waals surface area contributed by atoms with E-state index in [0.717, 1.165) is 10.6 Å². The second kappa shape index (κ2) is 14.9. The van der Waals surface area contributed by atoms with Gasteiger partial charge in [-0.2, -0.15) is 0 Å². The van der Waals surface area contributed by atoms with Crippen LogP contribution in [-0.2, 0) is 19.2 Å². The Bertz CT molecular complexity index is 872. The number of hydroxylamine groups is 1. The fraction of sp³-hybridized carbons (Fsp3) is 0.520. The number of allylic oxidation sites excluding steroid dienone is 1. The minimum absolute atomic E-state index is 0.0322. The fourth-order valence-electron chi connectivity index (χ4n) is 3.64. The van der Waals surface area contributed by atoms with Gasteiger partial charge in [-0.1, -0.05) is 70.2 Å². The van der Waals surface area contributed by atoms with Gasteiger partial charge < -0.3 is 10.8 Å². The van der Waals surface area contributed by atoms with Crippen LogP contribution in [0, 0.1) is 23.7 Å². The SMILES string of the molecule is CC(C)C[C@@H](C(=O)N(CC(C)C)NC(=O)C[C@H](N)C(=O)O)[C@H](C/C=C/c1ccccc1)C(=O)NO. The van der Waals surface area contributed by atoms with E-state index in [1.807, 2.05) is 64.1 Å². The molecule has 6 N–H and O–H groups in total. The van der Waals surface area contributed by atoms with Gasteiger partial charge >= 0.3 is 5.97 Å². The van der Waals surface area contributed by atoms with E-state index in [0.29, 0.717) is 6.42 Å². The summed E-state index contributed by atoms with van der Waals surface area (Å²) in [6, 6.07) is 8.04. The van der Waals surface area contributed by atoms with Crippen molar-refractivity contribution in [1.82, 2.24) is 15.9 Å². The topological polar surface area (TPSA) is 162 Å². The van der Waals surface area contributed by atoms with Gasteiger partial charge in [0.25, 0.3) is 0 Å². The molecule has 10 nitrogen and oxygen atoms in total. The highest BCUT2D eigenvalue weighted by Gasteiger charge is 2.37. The molecule has 0 spiro atoms. The molecule has 0 saturated carbocycles. The highest BCUT2D eigenvalue weighted by Crippen LogP contribution is 2.27. The summed E-state index contributed by atoms with van der Waals surface area (Å²) in [6.45, 7) is 7.67. The largest absolute Gasteiger partial charge is 0.480 e. The van der Waals surface area contributed by atoms with Crippen LogP contribution in [0.2, 0.25) is 0 Å². The van der Waals surface area contributed by atoms with Gasteiger partial charge in [0.1, 0.15) is 6.04 Å². The van der Waals surface area contributed by atoms with Crippen LogP contribution in [0.15, 0.2) is 36.4 Å². The Morgan fingerprint density at radius 2 is 1.66 bits per heavy atom. The summed E-state index contributed by atoms with van der Waals surface area (Å²) in [5, 5.41) is 19.5. The van der Waals surface area contributed by atoms with E-state index in [1.165, 1.54) is 0 Å². The van der Waals surface area contributed by atoms with E-state index in [2.05, 4.69) is 5.43 Å². The van der Waals surface area contributed by atoms with E-state index < -0.39 is 48.0 Å². The first kappa shape index (κ1) is 29.8. The first-order chi connectivity index (χ1) is 16.5. The molecule has 0 aliphatic rings. The zero-order valence-electron chi connectivity index (χ0n) is 20.8. The standard InChI is InChI=1S/C25H38N4O6/c1-16(2)13-20(19(23(31)28-35)12-8-11-18-9-6-5-7-10-18)24(32)29(15-17(3)4)27-22(30)14-21(26)25(33)34/h5-11,16-17,19-21,35H,12-15,26H2,1-4H3,(H,27,30)(H,28,31)(H,33,34)/b11-8+/t19-,20+,21-/m0/s1. The van der Waals surface area contributed by atoms with Gasteiger partial charge in [-0.3, -0.25) is 34.8 Å². The van der Waals surface area contributed by atoms with E-state index in [9.17, 15) is 24.4 Å². The smallest absolute Gasteiger partial charge is 0.321 e. The Morgan fingerprint density at radius 3 is 2.17 bits per heavy atom. The van der Waals surface area contributed by atoms with Crippen LogP contribution in [0.3, 0.4) is 0 Å². The van der Waals surface area contributed by atoms with Crippen molar-refractivity contribution in [2.75, 3.05) is 6.54 Å². The highest BCUT2D eigenvalue weighted by atomic mass is 16.5. The molecule has 35 heavy (non-hydrogen) atoms. The Kier molecular flexibility index (Phi) is 12.7. The number of carboxylic acids is 1. The van der Waals surface area contributed by atoms with Crippen LogP contribution in [0.5, 0.6) is 0 Å². The molecule has 0 heterocycles. The molecular weight excluding hydrogens is 452 g/mol. The maximum Gasteiger partial charge on any atom is 0.321 e. The monoisotopic (exact) mass is 490 g/mol. The quantitative estimate of drug-likeness (QED) is 0.209. The molecule has 0 radical (unpaired) electrons. The molecular formula is C25H38N4O6. The predicted octanol–water partition coefficient (Wildman–Crippen LogP) is 2.19. The number of carboxylic acid groups (broad SMARTS) is 1. The average molecular weight is 491 g/mol. The van der Waals surface area contributed by atoms with Crippen LogP contribution in [0.1, 0.15) is 52.5 Å². The molecule has 1 aromatic rings. The van der Waals surface area contributed by atoms with Crippen molar-refractivity contribution in [1.29, 1.82) is 0 Å². The Balaban J connectivity index is 3.21. The molecule has 0 saturated heterocycles. The van der Waals surface area contributed by atoms with Crippen molar-refractivity contribution in [3.63, 3.8) is 0 Å². The molecule has 1 aromatic carbocycles. The number of nitrogens with one attached hydrogen (secondary N) is 2. The normalized spacial score (nSPS) is 13.9. The number of carbonyl (C=O) groups is 4. The molecule has 194 valence electrons. The first-order valence-corrected chi connectivity index (χ1v) is 11.7. The van der Waals surface area contributed by atoms with Crippen LogP contribution < -0.4 is 16.6 Å². The average Bonchev–Trinajstić information content (AvgIpc) is 2.79. The van der Waals surface area contributed by atoms with E-state index in [-0.39, 0.29) is 24.8 Å². The summed E-state index contributed by atoms with van der Waals surface area (Å²) in [4.78, 5) is 49.7. The van der Waals surface area contributed by atoms with Crippen LogP contribution in [0.25, 0.3) is 6.08 Å². The highest BCUT2D eigenvalue weighted by molar-refractivity contribution is 5.90. The minimum Gasteiger partial charge on any atom is -0.480 e. The van der Waals surface area contributed by atoms with E-state index >= 15 is 0 Å². The Morgan fingerprint density at radius 1 is 1.03 bits per heavy atom. The number of nitrogens with two attached hydrogens (primary N) is 1. The van der Waals surface area contributed by atoms with Gasteiger partial charge in [0.2, 0.25) is 17.7 Å². The molecule has 1 rings (SSSR count). The number of benzene rings is 1. The Labute approximate surface area is 206 Å². The van der Waals surface area contributed by atoms with Crippen LogP contribution in [-0.4, -0.2) is 51.6 Å². The molecule has 10 heteroatoms. The van der Waals surface area contributed by atoms with Crippen LogP contribution in [0.4, 0.5) is 0 Å². The number of hydrogen-bond donors (Lipinski definition) is 5. The van der Waals surface area contributed by atoms with Crippen molar-refractivity contribution < 1.29 is 29.5 Å². The van der Waals surface area contributed by atoms with Gasteiger partial charge in [-0.25, -0.2) is 5.48 Å². The summed E-state index contributed by atoms with van der Waals surface area (Å²) in [5.41, 5.74) is 10.5. The zero-order valence-corrected chi connectivity index (χ0v) is 20.8. The number of hydrogen-bond acceptors (Lipinski definition) is 6. The van der Waals surface area contributed by atoms with Crippen molar-refractivity contribution in [3.05, 3.63) is 42.0 Å². The number of carbonyl (C=O) groups excluding carboxylic acids is 3. The number of rotatable bonds is 13. The lowest BCUT2D eigenvalue weighted by molar-refractivity contribution is -0.151. The molecule has 3 amide bonds. The molecule has 0 fully saturated rings. The number of hydrazine groups is 1. The lowest BCUT2D eigenvalue weighted by atomic mass is 9.81. The van der Waals surface area contributed by atoms with Gasteiger partial charge in [0, 0.05) is 6.54 Å². The van der Waals surface area contributed by atoms with Gasteiger partial charge in [0.15, 0.2) is 0 Å². The third kappa shape index (κ3) is 10.7.